The topological polar surface area (TPSA) is 104 Å². The van der Waals surface area contributed by atoms with Gasteiger partial charge in [0, 0.05) is 42.2 Å². The Morgan fingerprint density at radius 3 is 2.35 bits per heavy atom. The highest BCUT2D eigenvalue weighted by Crippen LogP contribution is 2.23. The van der Waals surface area contributed by atoms with Crippen molar-refractivity contribution >= 4 is 40.1 Å². The van der Waals surface area contributed by atoms with Crippen LogP contribution in [0.4, 0.5) is 5.82 Å². The number of halogens is 1. The molecule has 2 amide bonds. The zero-order valence-electron chi connectivity index (χ0n) is 19.4. The maximum Gasteiger partial charge on any atom is 0.253 e. The molecule has 1 saturated heterocycles. The fraction of sp³-hybridized carbons (Fsp3) is 0.360. The SMILES string of the molecule is CC(C)[C@H](Nc1nc(CN2CCN(C(=O)c3ccc(Cl)cc3)CC2)nc2ccccc12)C(N)=O. The predicted octanol–water partition coefficient (Wildman–Crippen LogP) is 3.16. The van der Waals surface area contributed by atoms with Crippen molar-refractivity contribution in [2.75, 3.05) is 31.5 Å². The number of benzene rings is 2. The first kappa shape index (κ1) is 23.9. The van der Waals surface area contributed by atoms with E-state index in [0.29, 0.717) is 55.0 Å². The lowest BCUT2D eigenvalue weighted by Gasteiger charge is -2.34. The van der Waals surface area contributed by atoms with Crippen LogP contribution in [-0.4, -0.2) is 63.8 Å². The molecule has 1 aliphatic heterocycles. The number of nitrogens with two attached hydrogens (primary N) is 1. The smallest absolute Gasteiger partial charge is 0.253 e. The number of rotatable bonds is 7. The molecule has 3 aromatic rings. The molecule has 0 unspecified atom stereocenters. The van der Waals surface area contributed by atoms with E-state index in [-0.39, 0.29) is 11.8 Å². The highest BCUT2D eigenvalue weighted by Gasteiger charge is 2.24. The van der Waals surface area contributed by atoms with Gasteiger partial charge in [-0.2, -0.15) is 0 Å². The number of fused-ring (bicyclic) bond motifs is 1. The molecule has 1 aromatic heterocycles. The third kappa shape index (κ3) is 5.46. The minimum atomic E-state index is -0.534. The van der Waals surface area contributed by atoms with Crippen LogP contribution < -0.4 is 11.1 Å². The fourth-order valence-electron chi connectivity index (χ4n) is 4.10. The van der Waals surface area contributed by atoms with Crippen molar-refractivity contribution in [3.8, 4) is 0 Å². The van der Waals surface area contributed by atoms with Crippen LogP contribution in [0.15, 0.2) is 48.5 Å². The van der Waals surface area contributed by atoms with Gasteiger partial charge in [-0.3, -0.25) is 14.5 Å². The van der Waals surface area contributed by atoms with E-state index < -0.39 is 11.9 Å². The highest BCUT2D eigenvalue weighted by atomic mass is 35.5. The molecular weight excluding hydrogens is 452 g/mol. The summed E-state index contributed by atoms with van der Waals surface area (Å²) in [5, 5.41) is 4.69. The number of aromatic nitrogens is 2. The van der Waals surface area contributed by atoms with Crippen LogP contribution >= 0.6 is 11.6 Å². The van der Waals surface area contributed by atoms with Crippen molar-refractivity contribution in [1.82, 2.24) is 19.8 Å². The van der Waals surface area contributed by atoms with Gasteiger partial charge >= 0.3 is 0 Å². The van der Waals surface area contributed by atoms with Crippen molar-refractivity contribution in [3.63, 3.8) is 0 Å². The van der Waals surface area contributed by atoms with E-state index in [1.54, 1.807) is 24.3 Å². The maximum absolute atomic E-state index is 12.8. The van der Waals surface area contributed by atoms with Crippen molar-refractivity contribution in [1.29, 1.82) is 0 Å². The Balaban J connectivity index is 1.47. The summed E-state index contributed by atoms with van der Waals surface area (Å²) in [4.78, 5) is 38.3. The summed E-state index contributed by atoms with van der Waals surface area (Å²) >= 11 is 5.93. The number of nitrogens with one attached hydrogen (secondary N) is 1. The Hall–Kier alpha value is -3.23. The van der Waals surface area contributed by atoms with Crippen LogP contribution in [0.1, 0.15) is 30.0 Å². The Labute approximate surface area is 204 Å². The van der Waals surface area contributed by atoms with E-state index in [4.69, 9.17) is 27.3 Å². The second kappa shape index (κ2) is 10.4. The monoisotopic (exact) mass is 480 g/mol. The van der Waals surface area contributed by atoms with Crippen LogP contribution in [-0.2, 0) is 11.3 Å². The van der Waals surface area contributed by atoms with Gasteiger partial charge in [0.25, 0.3) is 5.91 Å². The lowest BCUT2D eigenvalue weighted by atomic mass is 10.0. The van der Waals surface area contributed by atoms with Gasteiger partial charge < -0.3 is 16.0 Å². The zero-order valence-corrected chi connectivity index (χ0v) is 20.1. The second-order valence-electron chi connectivity index (χ2n) is 8.85. The summed E-state index contributed by atoms with van der Waals surface area (Å²) in [6.07, 6.45) is 0. The molecule has 34 heavy (non-hydrogen) atoms. The molecule has 9 heteroatoms. The number of piperazine rings is 1. The molecule has 0 radical (unpaired) electrons. The number of anilines is 1. The molecule has 8 nitrogen and oxygen atoms in total. The van der Waals surface area contributed by atoms with E-state index in [1.807, 2.05) is 43.0 Å². The number of amides is 2. The van der Waals surface area contributed by atoms with E-state index in [0.717, 1.165) is 10.9 Å². The summed E-state index contributed by atoms with van der Waals surface area (Å²) in [6.45, 7) is 7.11. The minimum Gasteiger partial charge on any atom is -0.368 e. The Morgan fingerprint density at radius 2 is 1.71 bits per heavy atom. The van der Waals surface area contributed by atoms with E-state index in [2.05, 4.69) is 10.2 Å². The molecule has 1 atom stereocenters. The van der Waals surface area contributed by atoms with Crippen molar-refractivity contribution in [3.05, 3.63) is 64.9 Å². The molecule has 0 aliphatic carbocycles. The van der Waals surface area contributed by atoms with Gasteiger partial charge in [0.2, 0.25) is 5.91 Å². The Morgan fingerprint density at radius 1 is 1.03 bits per heavy atom. The van der Waals surface area contributed by atoms with Crippen LogP contribution in [0.2, 0.25) is 5.02 Å². The molecule has 178 valence electrons. The number of hydrogen-bond acceptors (Lipinski definition) is 6. The molecule has 4 rings (SSSR count). The van der Waals surface area contributed by atoms with Gasteiger partial charge in [0.1, 0.15) is 17.7 Å². The Kier molecular flexibility index (Phi) is 7.29. The third-order valence-corrected chi connectivity index (χ3v) is 6.28. The van der Waals surface area contributed by atoms with Gasteiger partial charge in [0.05, 0.1) is 12.1 Å². The first-order valence-electron chi connectivity index (χ1n) is 11.4. The summed E-state index contributed by atoms with van der Waals surface area (Å²) in [5.41, 5.74) is 7.06. The summed E-state index contributed by atoms with van der Waals surface area (Å²) < 4.78 is 0. The maximum atomic E-state index is 12.8. The van der Waals surface area contributed by atoms with Gasteiger partial charge in [-0.05, 0) is 42.3 Å². The van der Waals surface area contributed by atoms with Gasteiger partial charge in [0.15, 0.2) is 0 Å². The lowest BCUT2D eigenvalue weighted by molar-refractivity contribution is -0.119. The summed E-state index contributed by atoms with van der Waals surface area (Å²) in [6, 6.07) is 14.2. The molecule has 3 N–H and O–H groups in total. The van der Waals surface area contributed by atoms with Crippen LogP contribution in [0.5, 0.6) is 0 Å². The van der Waals surface area contributed by atoms with E-state index >= 15 is 0 Å². The molecule has 0 bridgehead atoms. The van der Waals surface area contributed by atoms with Crippen LogP contribution in [0.3, 0.4) is 0 Å². The highest BCUT2D eigenvalue weighted by molar-refractivity contribution is 6.30. The number of hydrogen-bond donors (Lipinski definition) is 2. The largest absolute Gasteiger partial charge is 0.368 e. The fourth-order valence-corrected chi connectivity index (χ4v) is 4.23. The first-order chi connectivity index (χ1) is 16.3. The summed E-state index contributed by atoms with van der Waals surface area (Å²) in [5.74, 6) is 0.873. The minimum absolute atomic E-state index is 0.0101. The first-order valence-corrected chi connectivity index (χ1v) is 11.8. The summed E-state index contributed by atoms with van der Waals surface area (Å²) in [7, 11) is 0. The number of primary amides is 1. The van der Waals surface area contributed by atoms with Gasteiger partial charge in [-0.25, -0.2) is 9.97 Å². The zero-order chi connectivity index (χ0) is 24.2. The van der Waals surface area contributed by atoms with E-state index in [1.165, 1.54) is 0 Å². The molecule has 0 saturated carbocycles. The van der Waals surface area contributed by atoms with Crippen LogP contribution in [0, 0.1) is 5.92 Å². The van der Waals surface area contributed by atoms with E-state index in [9.17, 15) is 9.59 Å². The molecule has 0 spiro atoms. The third-order valence-electron chi connectivity index (χ3n) is 6.03. The average molecular weight is 481 g/mol. The quantitative estimate of drug-likeness (QED) is 0.538. The second-order valence-corrected chi connectivity index (χ2v) is 9.29. The number of carbonyl (C=O) groups excluding carboxylic acids is 2. The van der Waals surface area contributed by atoms with Crippen molar-refractivity contribution < 1.29 is 9.59 Å². The number of nitrogens with zero attached hydrogens (tertiary/aromatic N) is 4. The molecule has 2 heterocycles. The van der Waals surface area contributed by atoms with Gasteiger partial charge in [-0.1, -0.05) is 37.6 Å². The van der Waals surface area contributed by atoms with Gasteiger partial charge in [-0.15, -0.1) is 0 Å². The van der Waals surface area contributed by atoms with Crippen molar-refractivity contribution in [2.45, 2.75) is 26.4 Å². The normalized spacial score (nSPS) is 15.5. The Bertz CT molecular complexity index is 1180. The van der Waals surface area contributed by atoms with Crippen molar-refractivity contribution in [2.24, 2.45) is 11.7 Å². The molecular formula is C25H29ClN6O2. The predicted molar refractivity (Wildman–Crippen MR) is 134 cm³/mol. The number of carbonyl (C=O) groups is 2. The standard InChI is InChI=1S/C25H29ClN6O2/c1-16(2)22(23(27)33)30-24-19-5-3-4-6-20(19)28-21(29-24)15-31-11-13-32(14-12-31)25(34)17-7-9-18(26)10-8-17/h3-10,16,22H,11-15H2,1-2H3,(H2,27,33)(H,28,29,30)/t22-/m0/s1. The molecule has 1 aliphatic rings. The number of para-hydroxylation sites is 1. The molecule has 1 fully saturated rings. The average Bonchev–Trinajstić information content (AvgIpc) is 2.82. The lowest BCUT2D eigenvalue weighted by Crippen LogP contribution is -2.48. The molecule has 2 aromatic carbocycles. The van der Waals surface area contributed by atoms with Crippen LogP contribution in [0.25, 0.3) is 10.9 Å².